The predicted octanol–water partition coefficient (Wildman–Crippen LogP) is -0.282. The van der Waals surface area contributed by atoms with Gasteiger partial charge in [-0.2, -0.15) is 13.7 Å². The largest absolute Gasteiger partial charge is 0.490 e. The second kappa shape index (κ2) is 9.02. The number of aliphatic hydroxyl groups is 1. The number of hydrogen-bond donors (Lipinski definition) is 6. The molecule has 0 spiro atoms. The van der Waals surface area contributed by atoms with Crippen LogP contribution in [0, 0.1) is 0 Å². The summed E-state index contributed by atoms with van der Waals surface area (Å²) < 4.78 is 52.8. The summed E-state index contributed by atoms with van der Waals surface area (Å²) in [6.45, 7) is -0.470. The van der Waals surface area contributed by atoms with Gasteiger partial charge in [0, 0.05) is 12.8 Å². The van der Waals surface area contributed by atoms with Crippen LogP contribution in [0.1, 0.15) is 18.3 Å². The Hall–Kier alpha value is -1.36. The van der Waals surface area contributed by atoms with Gasteiger partial charge in [0.1, 0.15) is 12.4 Å². The number of rotatable bonds is 8. The summed E-state index contributed by atoms with van der Waals surface area (Å²) in [4.78, 5) is 49.3. The first-order valence-electron chi connectivity index (χ1n) is 9.05. The summed E-state index contributed by atoms with van der Waals surface area (Å²) >= 11 is 0. The van der Waals surface area contributed by atoms with Crippen LogP contribution >= 0.6 is 23.5 Å². The van der Waals surface area contributed by atoms with Crippen molar-refractivity contribution in [1.29, 1.82) is 0 Å². The molecule has 0 aromatic carbocycles. The number of nitrogens with zero attached hydrogens (tertiary/aromatic N) is 4. The van der Waals surface area contributed by atoms with E-state index in [1.807, 2.05) is 0 Å². The highest BCUT2D eigenvalue weighted by atomic mass is 31.3. The highest BCUT2D eigenvalue weighted by Crippen LogP contribution is 2.66. The fraction of sp³-hybridized carbons (Fsp3) is 0.583. The van der Waals surface area contributed by atoms with Gasteiger partial charge in [-0.3, -0.25) is 9.36 Å². The Labute approximate surface area is 183 Å². The van der Waals surface area contributed by atoms with Crippen LogP contribution in [0.25, 0.3) is 11.0 Å². The van der Waals surface area contributed by atoms with Crippen LogP contribution < -0.4 is 5.48 Å². The monoisotopic (exact) mass is 533 g/mol. The quantitative estimate of drug-likeness (QED) is 0.238. The number of hydrogen-bond acceptors (Lipinski definition) is 13. The lowest BCUT2D eigenvalue weighted by Crippen LogP contribution is -2.26. The molecule has 6 N–H and O–H groups in total. The highest BCUT2D eigenvalue weighted by molar-refractivity contribution is 7.66. The predicted molar refractivity (Wildman–Crippen MR) is 103 cm³/mol. The lowest BCUT2D eigenvalue weighted by Gasteiger charge is -2.19. The summed E-state index contributed by atoms with van der Waals surface area (Å²) in [6.07, 6.45) is -1.54. The number of aliphatic hydroxyl groups excluding tert-OH is 1. The van der Waals surface area contributed by atoms with Crippen molar-refractivity contribution in [2.45, 2.75) is 31.3 Å². The SMILES string of the molecule is O=P(O)(O)OP(=O)(O)OP(=O)(O)OCC1OC(n2nc3c4c(ncnc42)NOCC3)CC1O. The van der Waals surface area contributed by atoms with Gasteiger partial charge in [0.05, 0.1) is 30.4 Å². The molecule has 0 amide bonds. The maximum absolute atomic E-state index is 11.9. The van der Waals surface area contributed by atoms with Crippen LogP contribution in [0.2, 0.25) is 0 Å². The number of phosphoric acid groups is 3. The Morgan fingerprint density at radius 3 is 2.64 bits per heavy atom. The van der Waals surface area contributed by atoms with Crippen LogP contribution in [0.15, 0.2) is 6.33 Å². The van der Waals surface area contributed by atoms with E-state index in [1.165, 1.54) is 11.0 Å². The van der Waals surface area contributed by atoms with Gasteiger partial charge in [0.25, 0.3) is 0 Å². The van der Waals surface area contributed by atoms with Crippen molar-refractivity contribution >= 4 is 40.3 Å². The molecule has 21 heteroatoms. The van der Waals surface area contributed by atoms with E-state index in [0.717, 1.165) is 0 Å². The molecule has 1 fully saturated rings. The fourth-order valence-corrected chi connectivity index (χ4v) is 6.28. The van der Waals surface area contributed by atoms with Gasteiger partial charge in [-0.25, -0.2) is 33.8 Å². The van der Waals surface area contributed by atoms with Gasteiger partial charge in [0.15, 0.2) is 17.7 Å². The summed E-state index contributed by atoms with van der Waals surface area (Å²) in [5, 5.41) is 15.3. The Morgan fingerprint density at radius 2 is 1.91 bits per heavy atom. The van der Waals surface area contributed by atoms with Crippen molar-refractivity contribution in [2.24, 2.45) is 0 Å². The van der Waals surface area contributed by atoms with Gasteiger partial charge < -0.3 is 29.4 Å². The van der Waals surface area contributed by atoms with Crippen LogP contribution in [-0.2, 0) is 42.8 Å². The third-order valence-corrected chi connectivity index (χ3v) is 8.27. The van der Waals surface area contributed by atoms with Gasteiger partial charge in [0.2, 0.25) is 0 Å². The molecule has 184 valence electrons. The van der Waals surface area contributed by atoms with Crippen molar-refractivity contribution in [2.75, 3.05) is 18.7 Å². The molecule has 2 aromatic heterocycles. The summed E-state index contributed by atoms with van der Waals surface area (Å²) in [6, 6.07) is 0. The summed E-state index contributed by atoms with van der Waals surface area (Å²) in [7, 11) is -16.5. The first-order chi connectivity index (χ1) is 15.3. The van der Waals surface area contributed by atoms with E-state index in [0.29, 0.717) is 35.6 Å². The molecule has 2 aliphatic heterocycles. The minimum Gasteiger partial charge on any atom is -0.390 e. The molecule has 5 atom stereocenters. The van der Waals surface area contributed by atoms with E-state index in [2.05, 4.69) is 33.7 Å². The molecule has 0 saturated carbocycles. The third-order valence-electron chi connectivity index (χ3n) is 4.47. The Kier molecular flexibility index (Phi) is 6.76. The number of aromatic nitrogens is 4. The van der Waals surface area contributed by atoms with E-state index in [9.17, 15) is 28.6 Å². The molecule has 0 aliphatic carbocycles. The molecule has 0 bridgehead atoms. The number of anilines is 1. The average molecular weight is 533 g/mol. The smallest absolute Gasteiger partial charge is 0.390 e. The zero-order chi connectivity index (χ0) is 24.0. The highest BCUT2D eigenvalue weighted by Gasteiger charge is 2.43. The van der Waals surface area contributed by atoms with Gasteiger partial charge in [-0.1, -0.05) is 0 Å². The number of nitrogens with one attached hydrogen (secondary N) is 1. The summed E-state index contributed by atoms with van der Waals surface area (Å²) in [5.74, 6) is 0.404. The molecule has 2 aromatic rings. The first kappa shape index (κ1) is 24.8. The number of phosphoric ester groups is 1. The summed E-state index contributed by atoms with van der Waals surface area (Å²) in [5.41, 5.74) is 3.70. The zero-order valence-corrected chi connectivity index (χ0v) is 19.0. The van der Waals surface area contributed by atoms with Crippen molar-refractivity contribution < 1.29 is 61.1 Å². The van der Waals surface area contributed by atoms with Crippen LogP contribution in [0.4, 0.5) is 5.82 Å². The van der Waals surface area contributed by atoms with Gasteiger partial charge in [-0.05, 0) is 0 Å². The average Bonchev–Trinajstić information content (AvgIpc) is 3.14. The maximum Gasteiger partial charge on any atom is 0.490 e. The zero-order valence-electron chi connectivity index (χ0n) is 16.3. The molecular weight excluding hydrogens is 515 g/mol. The van der Waals surface area contributed by atoms with Crippen molar-refractivity contribution in [3.05, 3.63) is 12.0 Å². The first-order valence-corrected chi connectivity index (χ1v) is 13.6. The second-order valence-electron chi connectivity index (χ2n) is 6.83. The molecule has 1 saturated heterocycles. The standard InChI is InChI=1S/C12H18N5O13P3/c18-7-3-9(17-12-10-6(15-17)1-2-26-16-11(10)13-5-14-12)28-8(7)4-27-32(22,23)30-33(24,25)29-31(19,20)21/h5,7-9,18H,1-4H2,(H,22,23)(H,24,25)(H,13,14,16)(H2,19,20,21). The van der Waals surface area contributed by atoms with E-state index in [-0.39, 0.29) is 6.42 Å². The lowest BCUT2D eigenvalue weighted by atomic mass is 10.2. The molecule has 33 heavy (non-hydrogen) atoms. The van der Waals surface area contributed by atoms with E-state index >= 15 is 0 Å². The third kappa shape index (κ3) is 5.83. The lowest BCUT2D eigenvalue weighted by molar-refractivity contribution is -0.0462. The van der Waals surface area contributed by atoms with Crippen LogP contribution in [0.3, 0.4) is 0 Å². The topological polar surface area (TPSA) is 254 Å². The molecule has 2 aliphatic rings. The molecule has 5 unspecified atom stereocenters. The molecule has 18 nitrogen and oxygen atoms in total. The molecular formula is C12H18N5O13P3. The molecule has 4 heterocycles. The van der Waals surface area contributed by atoms with Crippen molar-refractivity contribution in [1.82, 2.24) is 19.7 Å². The maximum atomic E-state index is 11.9. The van der Waals surface area contributed by atoms with Gasteiger partial charge in [-0.15, -0.1) is 0 Å². The van der Waals surface area contributed by atoms with E-state index < -0.39 is 48.5 Å². The fourth-order valence-electron chi connectivity index (χ4n) is 3.25. The minimum absolute atomic E-state index is 0.0100. The molecule has 4 rings (SSSR count). The van der Waals surface area contributed by atoms with Crippen molar-refractivity contribution in [3.63, 3.8) is 0 Å². The Bertz CT molecular complexity index is 1190. The van der Waals surface area contributed by atoms with Crippen LogP contribution in [0.5, 0.6) is 0 Å². The Morgan fingerprint density at radius 1 is 1.15 bits per heavy atom. The van der Waals surface area contributed by atoms with Crippen molar-refractivity contribution in [3.8, 4) is 0 Å². The minimum atomic E-state index is -5.65. The normalized spacial score (nSPS) is 27.0. The van der Waals surface area contributed by atoms with Gasteiger partial charge >= 0.3 is 23.5 Å². The van der Waals surface area contributed by atoms with E-state index in [4.69, 9.17) is 19.4 Å². The van der Waals surface area contributed by atoms with E-state index in [1.54, 1.807) is 0 Å². The van der Waals surface area contributed by atoms with Crippen LogP contribution in [-0.4, -0.2) is 69.9 Å². The molecule has 0 radical (unpaired) electrons. The Balaban J connectivity index is 1.44. The number of ether oxygens (including phenoxy) is 1. The second-order valence-corrected chi connectivity index (χ2v) is 11.3.